The number of hydrogen-bond acceptors (Lipinski definition) is 5. The molecule has 0 radical (unpaired) electrons. The summed E-state index contributed by atoms with van der Waals surface area (Å²) in [6, 6.07) is 6.28. The number of tetrazole rings is 1. The van der Waals surface area contributed by atoms with Gasteiger partial charge in [0.15, 0.2) is 0 Å². The minimum absolute atomic E-state index is 0.408. The third-order valence-corrected chi connectivity index (χ3v) is 4.03. The van der Waals surface area contributed by atoms with Crippen LogP contribution >= 0.6 is 23.4 Å². The molecule has 0 amide bonds. The van der Waals surface area contributed by atoms with Crippen molar-refractivity contribution in [2.45, 2.75) is 36.5 Å². The summed E-state index contributed by atoms with van der Waals surface area (Å²) in [4.78, 5) is 1.07. The van der Waals surface area contributed by atoms with E-state index in [1.165, 1.54) is 11.8 Å². The molecule has 0 aliphatic rings. The third kappa shape index (κ3) is 3.68. The molecule has 1 heterocycles. The van der Waals surface area contributed by atoms with Gasteiger partial charge < -0.3 is 5.32 Å². The van der Waals surface area contributed by atoms with Crippen molar-refractivity contribution < 1.29 is 0 Å². The molecule has 0 atom stereocenters. The van der Waals surface area contributed by atoms with Gasteiger partial charge in [0.1, 0.15) is 0 Å². The van der Waals surface area contributed by atoms with E-state index in [1.807, 2.05) is 25.2 Å². The summed E-state index contributed by atoms with van der Waals surface area (Å²) in [5.41, 5.74) is 1.07. The minimum Gasteiger partial charge on any atom is -0.310 e. The highest BCUT2D eigenvalue weighted by molar-refractivity contribution is 7.99. The summed E-state index contributed by atoms with van der Waals surface area (Å²) < 4.78 is 1.64. The maximum absolute atomic E-state index is 6.28. The van der Waals surface area contributed by atoms with Gasteiger partial charge in [0.25, 0.3) is 0 Å². The number of nitrogens with zero attached hydrogens (tertiary/aromatic N) is 4. The van der Waals surface area contributed by atoms with Crippen LogP contribution in [0.15, 0.2) is 28.3 Å². The topological polar surface area (TPSA) is 55.6 Å². The molecule has 102 valence electrons. The van der Waals surface area contributed by atoms with Crippen LogP contribution in [0.25, 0.3) is 0 Å². The van der Waals surface area contributed by atoms with E-state index in [2.05, 4.69) is 34.7 Å². The molecule has 0 aliphatic heterocycles. The molecule has 0 unspecified atom stereocenters. The molecule has 0 spiro atoms. The lowest BCUT2D eigenvalue weighted by Gasteiger charge is -2.13. The molecule has 2 rings (SSSR count). The molecule has 1 aromatic heterocycles. The number of nitrogens with one attached hydrogen (secondary N) is 1. The van der Waals surface area contributed by atoms with Crippen molar-refractivity contribution in [3.05, 3.63) is 28.8 Å². The highest BCUT2D eigenvalue weighted by Gasteiger charge is 2.12. The van der Waals surface area contributed by atoms with Crippen LogP contribution in [-0.4, -0.2) is 26.2 Å². The SMILES string of the molecule is CC(C)NCc1c(Cl)cccc1Sc1nnnn1C. The fourth-order valence-electron chi connectivity index (χ4n) is 1.52. The van der Waals surface area contributed by atoms with Crippen LogP contribution in [0, 0.1) is 0 Å². The average molecular weight is 298 g/mol. The van der Waals surface area contributed by atoms with Gasteiger partial charge in [-0.2, -0.15) is 0 Å². The van der Waals surface area contributed by atoms with Gasteiger partial charge in [-0.1, -0.05) is 31.5 Å². The first kappa shape index (κ1) is 14.3. The molecular weight excluding hydrogens is 282 g/mol. The first-order valence-corrected chi connectivity index (χ1v) is 7.18. The van der Waals surface area contributed by atoms with Crippen LogP contribution in [0.4, 0.5) is 0 Å². The zero-order valence-corrected chi connectivity index (χ0v) is 12.7. The van der Waals surface area contributed by atoms with E-state index in [0.29, 0.717) is 6.04 Å². The van der Waals surface area contributed by atoms with Crippen molar-refractivity contribution in [1.82, 2.24) is 25.5 Å². The van der Waals surface area contributed by atoms with Gasteiger partial charge in [-0.15, -0.1) is 5.10 Å². The van der Waals surface area contributed by atoms with Crippen LogP contribution in [0.3, 0.4) is 0 Å². The van der Waals surface area contributed by atoms with Gasteiger partial charge >= 0.3 is 0 Å². The maximum Gasteiger partial charge on any atom is 0.213 e. The quantitative estimate of drug-likeness (QED) is 0.919. The number of halogens is 1. The van der Waals surface area contributed by atoms with Gasteiger partial charge in [-0.25, -0.2) is 4.68 Å². The number of benzene rings is 1. The van der Waals surface area contributed by atoms with Crippen molar-refractivity contribution >= 4 is 23.4 Å². The predicted molar refractivity (Wildman–Crippen MR) is 76.3 cm³/mol. The lowest BCUT2D eigenvalue weighted by Crippen LogP contribution is -2.22. The maximum atomic E-state index is 6.28. The Bertz CT molecular complexity index is 555. The summed E-state index contributed by atoms with van der Waals surface area (Å²) >= 11 is 7.80. The molecule has 0 aliphatic carbocycles. The Labute approximate surface area is 121 Å². The van der Waals surface area contributed by atoms with Gasteiger partial charge in [-0.3, -0.25) is 0 Å². The summed E-state index contributed by atoms with van der Waals surface area (Å²) in [5.74, 6) is 0. The molecular formula is C12H16ClN5S. The molecule has 1 N–H and O–H groups in total. The Hall–Kier alpha value is -1.11. The van der Waals surface area contributed by atoms with E-state index in [0.717, 1.165) is 27.2 Å². The second kappa shape index (κ2) is 6.36. The summed E-state index contributed by atoms with van der Waals surface area (Å²) in [6.07, 6.45) is 0. The number of aryl methyl sites for hydroxylation is 1. The highest BCUT2D eigenvalue weighted by atomic mass is 35.5. The number of rotatable bonds is 5. The van der Waals surface area contributed by atoms with Crippen molar-refractivity contribution in [3.63, 3.8) is 0 Å². The summed E-state index contributed by atoms with van der Waals surface area (Å²) in [7, 11) is 1.82. The predicted octanol–water partition coefficient (Wildman–Crippen LogP) is 2.51. The van der Waals surface area contributed by atoms with Crippen LogP contribution in [-0.2, 0) is 13.6 Å². The molecule has 2 aromatic rings. The van der Waals surface area contributed by atoms with E-state index in [9.17, 15) is 0 Å². The molecule has 0 fully saturated rings. The standard InChI is InChI=1S/C12H16ClN5S/c1-8(2)14-7-9-10(13)5-4-6-11(9)19-12-15-16-17-18(12)3/h4-6,8,14H,7H2,1-3H3. The zero-order valence-electron chi connectivity index (χ0n) is 11.1. The minimum atomic E-state index is 0.408. The second-order valence-electron chi connectivity index (χ2n) is 4.44. The molecule has 0 saturated carbocycles. The van der Waals surface area contributed by atoms with E-state index in [1.54, 1.807) is 4.68 Å². The van der Waals surface area contributed by atoms with Crippen LogP contribution in [0.2, 0.25) is 5.02 Å². The van der Waals surface area contributed by atoms with Crippen molar-refractivity contribution in [2.75, 3.05) is 0 Å². The molecule has 1 aromatic carbocycles. The first-order chi connectivity index (χ1) is 9.08. The van der Waals surface area contributed by atoms with E-state index in [4.69, 9.17) is 11.6 Å². The summed E-state index contributed by atoms with van der Waals surface area (Å²) in [5, 5.41) is 16.3. The Morgan fingerprint density at radius 2 is 2.21 bits per heavy atom. The number of aromatic nitrogens is 4. The second-order valence-corrected chi connectivity index (χ2v) is 5.86. The highest BCUT2D eigenvalue weighted by Crippen LogP contribution is 2.32. The van der Waals surface area contributed by atoms with E-state index in [-0.39, 0.29) is 0 Å². The van der Waals surface area contributed by atoms with Gasteiger partial charge in [0.2, 0.25) is 5.16 Å². The number of hydrogen-bond donors (Lipinski definition) is 1. The van der Waals surface area contributed by atoms with Gasteiger partial charge in [-0.05, 0) is 39.9 Å². The Morgan fingerprint density at radius 3 is 2.84 bits per heavy atom. The Balaban J connectivity index is 2.24. The third-order valence-electron chi connectivity index (χ3n) is 2.55. The molecule has 7 heteroatoms. The Kier molecular flexibility index (Phi) is 4.79. The fourth-order valence-corrected chi connectivity index (χ4v) is 2.71. The normalized spacial score (nSPS) is 11.2. The fraction of sp³-hybridized carbons (Fsp3) is 0.417. The van der Waals surface area contributed by atoms with Crippen LogP contribution in [0.1, 0.15) is 19.4 Å². The van der Waals surface area contributed by atoms with E-state index >= 15 is 0 Å². The van der Waals surface area contributed by atoms with Gasteiger partial charge in [0.05, 0.1) is 0 Å². The van der Waals surface area contributed by atoms with Crippen LogP contribution < -0.4 is 5.32 Å². The molecule has 0 bridgehead atoms. The largest absolute Gasteiger partial charge is 0.310 e. The van der Waals surface area contributed by atoms with Gasteiger partial charge in [0, 0.05) is 29.6 Å². The zero-order chi connectivity index (χ0) is 13.8. The monoisotopic (exact) mass is 297 g/mol. The average Bonchev–Trinajstić information content (AvgIpc) is 2.74. The molecule has 19 heavy (non-hydrogen) atoms. The Morgan fingerprint density at radius 1 is 1.42 bits per heavy atom. The van der Waals surface area contributed by atoms with Crippen molar-refractivity contribution in [3.8, 4) is 0 Å². The lowest BCUT2D eigenvalue weighted by molar-refractivity contribution is 0.584. The summed E-state index contributed by atoms with van der Waals surface area (Å²) in [6.45, 7) is 4.94. The van der Waals surface area contributed by atoms with Crippen molar-refractivity contribution in [1.29, 1.82) is 0 Å². The van der Waals surface area contributed by atoms with Crippen molar-refractivity contribution in [2.24, 2.45) is 7.05 Å². The lowest BCUT2D eigenvalue weighted by atomic mass is 10.2. The molecule has 0 saturated heterocycles. The van der Waals surface area contributed by atoms with E-state index < -0.39 is 0 Å². The molecule has 5 nitrogen and oxygen atoms in total. The van der Waals surface area contributed by atoms with Crippen LogP contribution in [0.5, 0.6) is 0 Å². The first-order valence-electron chi connectivity index (χ1n) is 5.99. The smallest absolute Gasteiger partial charge is 0.213 e.